The van der Waals surface area contributed by atoms with Crippen LogP contribution >= 0.6 is 0 Å². The molecule has 3 rings (SSSR count). The lowest BCUT2D eigenvalue weighted by Gasteiger charge is -2.28. The van der Waals surface area contributed by atoms with Gasteiger partial charge in [-0.1, -0.05) is 18.2 Å². The van der Waals surface area contributed by atoms with Crippen LogP contribution in [0.3, 0.4) is 0 Å². The molecule has 0 spiro atoms. The molecular weight excluding hydrogens is 270 g/mol. The van der Waals surface area contributed by atoms with Gasteiger partial charge in [0.05, 0.1) is 0 Å². The molecule has 1 aromatic heterocycles. The first-order valence-corrected chi connectivity index (χ1v) is 6.75. The van der Waals surface area contributed by atoms with E-state index >= 15 is 0 Å². The second-order valence-electron chi connectivity index (χ2n) is 5.13. The van der Waals surface area contributed by atoms with E-state index in [9.17, 15) is 14.4 Å². The van der Waals surface area contributed by atoms with Crippen LogP contribution in [0, 0.1) is 0 Å². The lowest BCUT2D eigenvalue weighted by Crippen LogP contribution is -2.48. The van der Waals surface area contributed by atoms with Crippen LogP contribution in [0.15, 0.2) is 35.1 Å². The van der Waals surface area contributed by atoms with Crippen LogP contribution in [-0.2, 0) is 9.59 Å². The first kappa shape index (κ1) is 13.4. The topological polar surface area (TPSA) is 82.3 Å². The maximum absolute atomic E-state index is 12.0. The predicted octanol–water partition coefficient (Wildman–Crippen LogP) is 1.09. The Balaban J connectivity index is 1.90. The van der Waals surface area contributed by atoms with Crippen molar-refractivity contribution >= 4 is 28.4 Å². The van der Waals surface area contributed by atoms with Gasteiger partial charge in [0.1, 0.15) is 11.9 Å². The SMILES string of the molecule is CN1C(=O)CCC(Nc2cc3ccccc3c(=O)[nH]2)C1=O. The molecule has 1 aromatic carbocycles. The average Bonchev–Trinajstić information content (AvgIpc) is 2.48. The molecule has 2 N–H and O–H groups in total. The summed E-state index contributed by atoms with van der Waals surface area (Å²) in [6, 6.07) is 8.54. The van der Waals surface area contributed by atoms with E-state index in [4.69, 9.17) is 0 Å². The van der Waals surface area contributed by atoms with E-state index in [1.807, 2.05) is 12.1 Å². The van der Waals surface area contributed by atoms with E-state index in [-0.39, 0.29) is 17.4 Å². The minimum absolute atomic E-state index is 0.176. The average molecular weight is 285 g/mol. The fraction of sp³-hybridized carbons (Fsp3) is 0.267. The molecule has 2 heterocycles. The third-order valence-corrected chi connectivity index (χ3v) is 3.73. The molecule has 108 valence electrons. The lowest BCUT2D eigenvalue weighted by atomic mass is 10.0. The molecule has 0 radical (unpaired) electrons. The molecule has 6 nitrogen and oxygen atoms in total. The van der Waals surface area contributed by atoms with Gasteiger partial charge in [0.2, 0.25) is 5.91 Å². The molecule has 6 heteroatoms. The Bertz CT molecular complexity index is 781. The summed E-state index contributed by atoms with van der Waals surface area (Å²) in [5.74, 6) is 0.0325. The number of likely N-dealkylation sites (tertiary alicyclic amines) is 1. The van der Waals surface area contributed by atoms with Crippen LogP contribution in [0.1, 0.15) is 12.8 Å². The van der Waals surface area contributed by atoms with Gasteiger partial charge in [-0.3, -0.25) is 19.3 Å². The minimum Gasteiger partial charge on any atom is -0.360 e. The molecule has 0 bridgehead atoms. The van der Waals surface area contributed by atoms with E-state index in [0.717, 1.165) is 10.3 Å². The summed E-state index contributed by atoms with van der Waals surface area (Å²) in [4.78, 5) is 39.3. The van der Waals surface area contributed by atoms with Crippen molar-refractivity contribution in [3.63, 3.8) is 0 Å². The highest BCUT2D eigenvalue weighted by Crippen LogP contribution is 2.18. The number of amides is 2. The molecule has 0 aliphatic carbocycles. The van der Waals surface area contributed by atoms with E-state index < -0.39 is 6.04 Å². The van der Waals surface area contributed by atoms with Crippen molar-refractivity contribution in [2.24, 2.45) is 0 Å². The van der Waals surface area contributed by atoms with Crippen molar-refractivity contribution in [2.75, 3.05) is 12.4 Å². The molecule has 1 saturated heterocycles. The number of piperidine rings is 1. The summed E-state index contributed by atoms with van der Waals surface area (Å²) >= 11 is 0. The Kier molecular flexibility index (Phi) is 3.21. The van der Waals surface area contributed by atoms with Gasteiger partial charge in [-0.2, -0.15) is 0 Å². The number of benzene rings is 1. The van der Waals surface area contributed by atoms with Crippen molar-refractivity contribution in [3.8, 4) is 0 Å². The fourth-order valence-corrected chi connectivity index (χ4v) is 2.53. The third-order valence-electron chi connectivity index (χ3n) is 3.73. The van der Waals surface area contributed by atoms with Crippen LogP contribution in [0.5, 0.6) is 0 Å². The molecule has 1 aliphatic heterocycles. The third kappa shape index (κ3) is 2.40. The van der Waals surface area contributed by atoms with E-state index in [0.29, 0.717) is 24.0 Å². The Morgan fingerprint density at radius 3 is 2.81 bits per heavy atom. The van der Waals surface area contributed by atoms with Crippen LogP contribution in [0.25, 0.3) is 10.8 Å². The predicted molar refractivity (Wildman–Crippen MR) is 79.0 cm³/mol. The fourth-order valence-electron chi connectivity index (χ4n) is 2.53. The van der Waals surface area contributed by atoms with Crippen LogP contribution in [0.4, 0.5) is 5.82 Å². The summed E-state index contributed by atoms with van der Waals surface area (Å²) in [5.41, 5.74) is -0.205. The monoisotopic (exact) mass is 285 g/mol. The van der Waals surface area contributed by atoms with Crippen LogP contribution in [0.2, 0.25) is 0 Å². The number of anilines is 1. The van der Waals surface area contributed by atoms with Crippen molar-refractivity contribution < 1.29 is 9.59 Å². The molecule has 2 amide bonds. The molecule has 21 heavy (non-hydrogen) atoms. The smallest absolute Gasteiger partial charge is 0.257 e. The molecule has 1 atom stereocenters. The normalized spacial score (nSPS) is 19.1. The number of pyridine rings is 1. The molecule has 1 fully saturated rings. The molecular formula is C15H15N3O3. The molecule has 2 aromatic rings. The van der Waals surface area contributed by atoms with E-state index in [1.54, 1.807) is 18.2 Å². The number of carbonyl (C=O) groups is 2. The van der Waals surface area contributed by atoms with E-state index in [1.165, 1.54) is 7.05 Å². The van der Waals surface area contributed by atoms with Gasteiger partial charge in [-0.05, 0) is 23.9 Å². The first-order chi connectivity index (χ1) is 10.1. The number of hydrogen-bond acceptors (Lipinski definition) is 4. The van der Waals surface area contributed by atoms with E-state index in [2.05, 4.69) is 10.3 Å². The number of hydrogen-bond donors (Lipinski definition) is 2. The van der Waals surface area contributed by atoms with Crippen LogP contribution < -0.4 is 10.9 Å². The Morgan fingerprint density at radius 2 is 2.00 bits per heavy atom. The standard InChI is InChI=1S/C15H15N3O3/c1-18-13(19)7-6-11(15(18)21)16-12-8-9-4-2-3-5-10(9)14(20)17-12/h2-5,8,11H,6-7H2,1H3,(H2,16,17,20). The second-order valence-corrected chi connectivity index (χ2v) is 5.13. The summed E-state index contributed by atoms with van der Waals surface area (Å²) in [7, 11) is 1.47. The number of nitrogens with zero attached hydrogens (tertiary/aromatic N) is 1. The molecule has 1 unspecified atom stereocenters. The number of fused-ring (bicyclic) bond motifs is 1. The number of aromatic nitrogens is 1. The first-order valence-electron chi connectivity index (χ1n) is 6.75. The Hall–Kier alpha value is -2.63. The maximum atomic E-state index is 12.0. The van der Waals surface area contributed by atoms with Crippen molar-refractivity contribution in [1.82, 2.24) is 9.88 Å². The van der Waals surface area contributed by atoms with Crippen molar-refractivity contribution in [3.05, 3.63) is 40.7 Å². The lowest BCUT2D eigenvalue weighted by molar-refractivity contribution is -0.146. The summed E-state index contributed by atoms with van der Waals surface area (Å²) < 4.78 is 0. The number of carbonyl (C=O) groups excluding carboxylic acids is 2. The van der Waals surface area contributed by atoms with Gasteiger partial charge in [0.25, 0.3) is 11.5 Å². The molecule has 0 saturated carbocycles. The van der Waals surface area contributed by atoms with Crippen molar-refractivity contribution in [1.29, 1.82) is 0 Å². The Labute approximate surface area is 120 Å². The zero-order valence-electron chi connectivity index (χ0n) is 11.6. The minimum atomic E-state index is -0.496. The zero-order chi connectivity index (χ0) is 15.0. The zero-order valence-corrected chi connectivity index (χ0v) is 11.6. The van der Waals surface area contributed by atoms with Gasteiger partial charge in [0.15, 0.2) is 0 Å². The number of imide groups is 1. The highest BCUT2D eigenvalue weighted by atomic mass is 16.2. The summed E-state index contributed by atoms with van der Waals surface area (Å²) in [5, 5.41) is 4.42. The highest BCUT2D eigenvalue weighted by Gasteiger charge is 2.31. The largest absolute Gasteiger partial charge is 0.360 e. The Morgan fingerprint density at radius 1 is 1.24 bits per heavy atom. The summed E-state index contributed by atoms with van der Waals surface area (Å²) in [6.07, 6.45) is 0.745. The number of aromatic amines is 1. The van der Waals surface area contributed by atoms with Gasteiger partial charge in [-0.25, -0.2) is 0 Å². The second kappa shape index (κ2) is 5.05. The quantitative estimate of drug-likeness (QED) is 0.809. The van der Waals surface area contributed by atoms with Gasteiger partial charge >= 0.3 is 0 Å². The van der Waals surface area contributed by atoms with Gasteiger partial charge in [-0.15, -0.1) is 0 Å². The number of likely N-dealkylation sites (N-methyl/N-ethyl adjacent to an activating group) is 1. The number of H-pyrrole nitrogens is 1. The van der Waals surface area contributed by atoms with Gasteiger partial charge in [0, 0.05) is 18.9 Å². The van der Waals surface area contributed by atoms with Crippen molar-refractivity contribution in [2.45, 2.75) is 18.9 Å². The molecule has 1 aliphatic rings. The summed E-state index contributed by atoms with van der Waals surface area (Å²) in [6.45, 7) is 0. The van der Waals surface area contributed by atoms with Gasteiger partial charge < -0.3 is 10.3 Å². The maximum Gasteiger partial charge on any atom is 0.257 e. The highest BCUT2D eigenvalue weighted by molar-refractivity contribution is 6.01. The number of nitrogens with one attached hydrogen (secondary N) is 2. The number of rotatable bonds is 2. The van der Waals surface area contributed by atoms with Crippen LogP contribution in [-0.4, -0.2) is 34.8 Å².